The van der Waals surface area contributed by atoms with Gasteiger partial charge in [0.2, 0.25) is 0 Å². The molecule has 1 heterocycles. The average molecular weight is 276 g/mol. The van der Waals surface area contributed by atoms with Crippen molar-refractivity contribution >= 4 is 0 Å². The van der Waals surface area contributed by atoms with Crippen molar-refractivity contribution in [2.45, 2.75) is 45.2 Å². The fraction of sp³-hybridized carbons (Fsp3) is 0.647. The monoisotopic (exact) mass is 276 g/mol. The molecule has 2 rings (SSSR count). The lowest BCUT2D eigenvalue weighted by Gasteiger charge is -2.32. The van der Waals surface area contributed by atoms with Crippen LogP contribution in [0.3, 0.4) is 0 Å². The van der Waals surface area contributed by atoms with E-state index < -0.39 is 0 Å². The van der Waals surface area contributed by atoms with E-state index >= 15 is 0 Å². The molecule has 1 aliphatic heterocycles. The quantitative estimate of drug-likeness (QED) is 0.863. The predicted octanol–water partition coefficient (Wildman–Crippen LogP) is 3.22. The van der Waals surface area contributed by atoms with Crippen molar-refractivity contribution in [1.82, 2.24) is 10.2 Å². The fourth-order valence-electron chi connectivity index (χ4n) is 2.85. The van der Waals surface area contributed by atoms with Crippen LogP contribution in [0.25, 0.3) is 0 Å². The van der Waals surface area contributed by atoms with E-state index in [2.05, 4.69) is 48.5 Å². The molecule has 112 valence electrons. The zero-order valence-electron chi connectivity index (χ0n) is 13.1. The van der Waals surface area contributed by atoms with Gasteiger partial charge in [-0.15, -0.1) is 0 Å². The molecule has 1 aromatic rings. The van der Waals surface area contributed by atoms with Crippen molar-refractivity contribution in [3.05, 3.63) is 29.8 Å². The van der Waals surface area contributed by atoms with Gasteiger partial charge in [-0.25, -0.2) is 0 Å². The molecular weight excluding hydrogens is 248 g/mol. The summed E-state index contributed by atoms with van der Waals surface area (Å²) in [5, 5.41) is 3.62. The Morgan fingerprint density at radius 2 is 2.05 bits per heavy atom. The Hall–Kier alpha value is -1.06. The topological polar surface area (TPSA) is 24.5 Å². The van der Waals surface area contributed by atoms with Crippen LogP contribution in [0.1, 0.15) is 44.7 Å². The molecule has 0 bridgehead atoms. The Bertz CT molecular complexity index is 384. The van der Waals surface area contributed by atoms with E-state index in [1.54, 1.807) is 0 Å². The van der Waals surface area contributed by atoms with Crippen LogP contribution in [0.15, 0.2) is 24.3 Å². The molecule has 3 heteroatoms. The third kappa shape index (κ3) is 4.22. The highest BCUT2D eigenvalue weighted by molar-refractivity contribution is 5.29. The fourth-order valence-corrected chi connectivity index (χ4v) is 2.85. The average Bonchev–Trinajstić information content (AvgIpc) is 2.48. The summed E-state index contributed by atoms with van der Waals surface area (Å²) in [6.07, 6.45) is 4.00. The molecule has 2 atom stereocenters. The maximum absolute atomic E-state index is 5.50. The minimum Gasteiger partial charge on any atom is -0.494 e. The zero-order valence-corrected chi connectivity index (χ0v) is 13.1. The Labute approximate surface area is 123 Å². The van der Waals surface area contributed by atoms with Crippen molar-refractivity contribution in [2.24, 2.45) is 0 Å². The van der Waals surface area contributed by atoms with Gasteiger partial charge < -0.3 is 10.1 Å². The molecule has 1 aliphatic rings. The lowest BCUT2D eigenvalue weighted by Crippen LogP contribution is -2.43. The van der Waals surface area contributed by atoms with E-state index in [0.29, 0.717) is 12.1 Å². The summed E-state index contributed by atoms with van der Waals surface area (Å²) in [5.41, 5.74) is 1.35. The first-order chi connectivity index (χ1) is 9.70. The van der Waals surface area contributed by atoms with Gasteiger partial charge in [0.25, 0.3) is 0 Å². The van der Waals surface area contributed by atoms with Crippen LogP contribution in [-0.4, -0.2) is 37.7 Å². The molecule has 0 aromatic heterocycles. The van der Waals surface area contributed by atoms with E-state index in [4.69, 9.17) is 4.74 Å². The number of likely N-dealkylation sites (N-methyl/N-ethyl adjacent to an activating group) is 1. The Morgan fingerprint density at radius 3 is 2.65 bits per heavy atom. The van der Waals surface area contributed by atoms with Crippen molar-refractivity contribution in [1.29, 1.82) is 0 Å². The third-order valence-corrected chi connectivity index (χ3v) is 4.26. The molecule has 1 saturated heterocycles. The van der Waals surface area contributed by atoms with Gasteiger partial charge >= 0.3 is 0 Å². The molecule has 1 fully saturated rings. The third-order valence-electron chi connectivity index (χ3n) is 4.26. The second-order valence-electron chi connectivity index (χ2n) is 5.76. The number of benzene rings is 1. The smallest absolute Gasteiger partial charge is 0.119 e. The summed E-state index contributed by atoms with van der Waals surface area (Å²) in [6, 6.07) is 9.60. The van der Waals surface area contributed by atoms with Crippen LogP contribution in [0.5, 0.6) is 5.75 Å². The second kappa shape index (κ2) is 7.65. The zero-order chi connectivity index (χ0) is 14.4. The van der Waals surface area contributed by atoms with Crippen molar-refractivity contribution in [3.63, 3.8) is 0 Å². The van der Waals surface area contributed by atoms with Crippen LogP contribution in [0, 0.1) is 0 Å². The second-order valence-corrected chi connectivity index (χ2v) is 5.76. The van der Waals surface area contributed by atoms with Crippen LogP contribution in [0.4, 0.5) is 0 Å². The first kappa shape index (κ1) is 15.3. The number of nitrogens with one attached hydrogen (secondary N) is 1. The lowest BCUT2D eigenvalue weighted by molar-refractivity contribution is 0.214. The number of hydrogen-bond acceptors (Lipinski definition) is 3. The number of ether oxygens (including phenoxy) is 1. The van der Waals surface area contributed by atoms with Crippen LogP contribution >= 0.6 is 0 Å². The molecule has 2 unspecified atom stereocenters. The Kier molecular flexibility index (Phi) is 5.86. The van der Waals surface area contributed by atoms with Crippen molar-refractivity contribution in [2.75, 3.05) is 26.7 Å². The normalized spacial score (nSPS) is 20.9. The highest BCUT2D eigenvalue weighted by Gasteiger charge is 2.18. The molecule has 3 nitrogen and oxygen atoms in total. The highest BCUT2D eigenvalue weighted by atomic mass is 16.5. The number of piperidine rings is 1. The predicted molar refractivity (Wildman–Crippen MR) is 84.3 cm³/mol. The van der Waals surface area contributed by atoms with Crippen LogP contribution < -0.4 is 10.1 Å². The molecular formula is C17H28N2O. The van der Waals surface area contributed by atoms with Gasteiger partial charge in [-0.3, -0.25) is 4.90 Å². The van der Waals surface area contributed by atoms with Gasteiger partial charge in [0, 0.05) is 18.6 Å². The van der Waals surface area contributed by atoms with Gasteiger partial charge in [-0.05, 0) is 58.0 Å². The van der Waals surface area contributed by atoms with E-state index in [9.17, 15) is 0 Å². The highest BCUT2D eigenvalue weighted by Crippen LogP contribution is 2.22. The summed E-state index contributed by atoms with van der Waals surface area (Å²) in [6.45, 7) is 7.31. The Morgan fingerprint density at radius 1 is 1.30 bits per heavy atom. The minimum absolute atomic E-state index is 0.439. The lowest BCUT2D eigenvalue weighted by atomic mass is 10.0. The molecule has 1 aromatic carbocycles. The van der Waals surface area contributed by atoms with Gasteiger partial charge in [-0.1, -0.05) is 18.6 Å². The Balaban J connectivity index is 1.89. The number of nitrogens with zero attached hydrogens (tertiary/aromatic N) is 1. The van der Waals surface area contributed by atoms with E-state index in [-0.39, 0.29) is 0 Å². The van der Waals surface area contributed by atoms with E-state index in [1.807, 2.05) is 6.92 Å². The summed E-state index contributed by atoms with van der Waals surface area (Å²) in [5.74, 6) is 0.958. The van der Waals surface area contributed by atoms with Crippen molar-refractivity contribution < 1.29 is 4.74 Å². The SMILES string of the molecule is CCOc1ccc(C(C)N(C)CC2CCCCN2)cc1. The summed E-state index contributed by atoms with van der Waals surface area (Å²) >= 11 is 0. The minimum atomic E-state index is 0.439. The van der Waals surface area contributed by atoms with Crippen molar-refractivity contribution in [3.8, 4) is 5.75 Å². The van der Waals surface area contributed by atoms with Crippen LogP contribution in [0.2, 0.25) is 0 Å². The first-order valence-corrected chi connectivity index (χ1v) is 7.87. The maximum Gasteiger partial charge on any atom is 0.119 e. The standard InChI is InChI=1S/C17H28N2O/c1-4-20-17-10-8-15(9-11-17)14(2)19(3)13-16-7-5-6-12-18-16/h8-11,14,16,18H,4-7,12-13H2,1-3H3. The largest absolute Gasteiger partial charge is 0.494 e. The first-order valence-electron chi connectivity index (χ1n) is 7.87. The number of hydrogen-bond donors (Lipinski definition) is 1. The van der Waals surface area contributed by atoms with E-state index in [1.165, 1.54) is 31.4 Å². The van der Waals surface area contributed by atoms with Gasteiger partial charge in [0.1, 0.15) is 5.75 Å². The molecule has 0 radical (unpaired) electrons. The van der Waals surface area contributed by atoms with E-state index in [0.717, 1.165) is 18.9 Å². The summed E-state index contributed by atoms with van der Waals surface area (Å²) in [4.78, 5) is 2.44. The molecule has 20 heavy (non-hydrogen) atoms. The molecule has 0 spiro atoms. The molecule has 0 aliphatic carbocycles. The number of rotatable bonds is 6. The van der Waals surface area contributed by atoms with Gasteiger partial charge in [0.05, 0.1) is 6.61 Å². The summed E-state index contributed by atoms with van der Waals surface area (Å²) in [7, 11) is 2.22. The van der Waals surface area contributed by atoms with Crippen LogP contribution in [-0.2, 0) is 0 Å². The van der Waals surface area contributed by atoms with Gasteiger partial charge in [-0.2, -0.15) is 0 Å². The summed E-state index contributed by atoms with van der Waals surface area (Å²) < 4.78 is 5.50. The molecule has 0 amide bonds. The molecule has 1 N–H and O–H groups in total. The molecule has 0 saturated carbocycles. The van der Waals surface area contributed by atoms with Gasteiger partial charge in [0.15, 0.2) is 0 Å². The maximum atomic E-state index is 5.50.